The molecule has 0 aromatic carbocycles. The maximum atomic E-state index is 12.5. The van der Waals surface area contributed by atoms with Crippen molar-refractivity contribution < 1.29 is 42.7 Å². The number of hydrogen-bond acceptors (Lipinski definition) is 8. The van der Waals surface area contributed by atoms with Crippen LogP contribution >= 0.6 is 7.82 Å². The second kappa shape index (κ2) is 30.4. The molecule has 0 radical (unpaired) electrons. The summed E-state index contributed by atoms with van der Waals surface area (Å²) in [5.41, 5.74) is 5.32. The number of ether oxygens (including phenoxy) is 2. The summed E-state index contributed by atoms with van der Waals surface area (Å²) in [5.74, 6) is -1.78. The number of carboxylic acids is 1. The molecular weight excluding hydrogens is 585 g/mol. The van der Waals surface area contributed by atoms with Crippen molar-refractivity contribution in [3.8, 4) is 0 Å². The standard InChI is InChI=1S/C33H64NO9P/c1-3-5-7-9-11-13-14-15-16-18-20-22-24-26-40-27-30(28-41-44(38,39)42-29-31(34)33(36)37)43-32(35)25-23-21-19-17-12-10-8-6-4-2/h11,13,30-31H,3-10,12,14-29,34H2,1-2H3,(H,36,37)(H,38,39)/b13-11-. The Labute approximate surface area is 267 Å². The number of nitrogens with two attached hydrogens (primary N) is 1. The number of rotatable bonds is 33. The summed E-state index contributed by atoms with van der Waals surface area (Å²) in [7, 11) is -4.60. The number of hydrogen-bond donors (Lipinski definition) is 3. The van der Waals surface area contributed by atoms with Gasteiger partial charge in [-0.2, -0.15) is 0 Å². The van der Waals surface area contributed by atoms with Crippen LogP contribution in [0, 0.1) is 0 Å². The topological polar surface area (TPSA) is 155 Å². The fourth-order valence-corrected chi connectivity index (χ4v) is 5.32. The lowest BCUT2D eigenvalue weighted by Gasteiger charge is -2.20. The van der Waals surface area contributed by atoms with Gasteiger partial charge in [-0.25, -0.2) is 4.57 Å². The zero-order chi connectivity index (χ0) is 32.7. The Bertz CT molecular complexity index is 766. The number of allylic oxidation sites excluding steroid dienone is 2. The van der Waals surface area contributed by atoms with E-state index in [0.717, 1.165) is 44.9 Å². The van der Waals surface area contributed by atoms with E-state index >= 15 is 0 Å². The number of phosphoric acid groups is 1. The molecule has 0 aliphatic rings. The minimum atomic E-state index is -4.60. The molecule has 44 heavy (non-hydrogen) atoms. The first-order valence-corrected chi connectivity index (χ1v) is 18.7. The summed E-state index contributed by atoms with van der Waals surface area (Å²) in [4.78, 5) is 33.2. The monoisotopic (exact) mass is 649 g/mol. The second-order valence-electron chi connectivity index (χ2n) is 11.6. The van der Waals surface area contributed by atoms with Crippen molar-refractivity contribution in [2.45, 2.75) is 161 Å². The molecule has 0 amide bonds. The molecule has 0 spiro atoms. The van der Waals surface area contributed by atoms with E-state index in [1.54, 1.807) is 0 Å². The van der Waals surface area contributed by atoms with E-state index in [1.165, 1.54) is 77.0 Å². The van der Waals surface area contributed by atoms with Crippen LogP contribution in [0.1, 0.15) is 149 Å². The fraction of sp³-hybridized carbons (Fsp3) is 0.879. The van der Waals surface area contributed by atoms with Crippen LogP contribution in [0.25, 0.3) is 0 Å². The van der Waals surface area contributed by atoms with Gasteiger partial charge in [0.1, 0.15) is 12.1 Å². The molecule has 0 aliphatic heterocycles. The molecule has 4 N–H and O–H groups in total. The van der Waals surface area contributed by atoms with Crippen molar-refractivity contribution in [3.05, 3.63) is 12.2 Å². The molecule has 0 aliphatic carbocycles. The first-order valence-electron chi connectivity index (χ1n) is 17.2. The van der Waals surface area contributed by atoms with Gasteiger partial charge in [0, 0.05) is 13.0 Å². The van der Waals surface area contributed by atoms with Gasteiger partial charge in [0.15, 0.2) is 0 Å². The molecule has 0 heterocycles. The van der Waals surface area contributed by atoms with E-state index in [1.807, 2.05) is 0 Å². The molecule has 3 unspecified atom stereocenters. The second-order valence-corrected chi connectivity index (χ2v) is 13.1. The van der Waals surface area contributed by atoms with Gasteiger partial charge in [0.2, 0.25) is 0 Å². The van der Waals surface area contributed by atoms with Crippen LogP contribution in [0.15, 0.2) is 12.2 Å². The Morgan fingerprint density at radius 1 is 0.705 bits per heavy atom. The highest BCUT2D eigenvalue weighted by molar-refractivity contribution is 7.47. The van der Waals surface area contributed by atoms with Crippen LogP contribution in [-0.4, -0.2) is 60.5 Å². The third kappa shape index (κ3) is 29.4. The normalized spacial score (nSPS) is 14.5. The molecule has 0 bridgehead atoms. The van der Waals surface area contributed by atoms with Gasteiger partial charge >= 0.3 is 19.8 Å². The Morgan fingerprint density at radius 3 is 1.77 bits per heavy atom. The van der Waals surface area contributed by atoms with Crippen LogP contribution in [0.5, 0.6) is 0 Å². The summed E-state index contributed by atoms with van der Waals surface area (Å²) in [5, 5.41) is 8.83. The molecular formula is C33H64NO9P. The Morgan fingerprint density at radius 2 is 1.18 bits per heavy atom. The Balaban J connectivity index is 4.34. The number of carbonyl (C=O) groups is 2. The molecule has 260 valence electrons. The van der Waals surface area contributed by atoms with Gasteiger partial charge in [-0.05, 0) is 38.5 Å². The van der Waals surface area contributed by atoms with E-state index in [-0.39, 0.29) is 13.0 Å². The largest absolute Gasteiger partial charge is 0.480 e. The highest BCUT2D eigenvalue weighted by Gasteiger charge is 2.27. The van der Waals surface area contributed by atoms with Gasteiger partial charge in [-0.15, -0.1) is 0 Å². The van der Waals surface area contributed by atoms with E-state index in [2.05, 4.69) is 30.5 Å². The Kier molecular flexibility index (Phi) is 29.5. The molecule has 0 aromatic heterocycles. The molecule has 0 rings (SSSR count). The number of carbonyl (C=O) groups excluding carboxylic acids is 1. The zero-order valence-corrected chi connectivity index (χ0v) is 28.7. The van der Waals surface area contributed by atoms with Gasteiger partial charge in [-0.3, -0.25) is 18.6 Å². The maximum Gasteiger partial charge on any atom is 0.472 e. The molecule has 0 saturated heterocycles. The number of esters is 1. The average molecular weight is 650 g/mol. The summed E-state index contributed by atoms with van der Waals surface area (Å²) < 4.78 is 33.0. The molecule has 3 atom stereocenters. The average Bonchev–Trinajstić information content (AvgIpc) is 2.99. The minimum Gasteiger partial charge on any atom is -0.480 e. The van der Waals surface area contributed by atoms with Crippen LogP contribution < -0.4 is 5.73 Å². The fourth-order valence-electron chi connectivity index (χ4n) is 4.54. The molecule has 0 saturated carbocycles. The predicted octanol–water partition coefficient (Wildman–Crippen LogP) is 8.25. The number of phosphoric ester groups is 1. The Hall–Kier alpha value is -1.29. The lowest BCUT2D eigenvalue weighted by Crippen LogP contribution is -2.34. The minimum absolute atomic E-state index is 0.0166. The van der Waals surface area contributed by atoms with Crippen molar-refractivity contribution in [1.82, 2.24) is 0 Å². The van der Waals surface area contributed by atoms with Gasteiger partial charge in [0.25, 0.3) is 0 Å². The quantitative estimate of drug-likeness (QED) is 0.0274. The number of unbranched alkanes of at least 4 members (excludes halogenated alkanes) is 17. The van der Waals surface area contributed by atoms with E-state index in [9.17, 15) is 19.0 Å². The predicted molar refractivity (Wildman–Crippen MR) is 175 cm³/mol. The lowest BCUT2D eigenvalue weighted by molar-refractivity contribution is -0.154. The number of aliphatic carboxylic acids is 1. The van der Waals surface area contributed by atoms with E-state index < -0.39 is 45.1 Å². The van der Waals surface area contributed by atoms with Crippen LogP contribution in [0.3, 0.4) is 0 Å². The summed E-state index contributed by atoms with van der Waals surface area (Å²) in [6.45, 7) is 3.80. The third-order valence-electron chi connectivity index (χ3n) is 7.29. The third-order valence-corrected chi connectivity index (χ3v) is 8.25. The van der Waals surface area contributed by atoms with Gasteiger partial charge < -0.3 is 25.2 Å². The summed E-state index contributed by atoms with van der Waals surface area (Å²) in [6.07, 6.45) is 27.0. The van der Waals surface area contributed by atoms with Crippen LogP contribution in [-0.2, 0) is 32.7 Å². The summed E-state index contributed by atoms with van der Waals surface area (Å²) in [6, 6.07) is -1.47. The van der Waals surface area contributed by atoms with Gasteiger partial charge in [-0.1, -0.05) is 116 Å². The SMILES string of the molecule is CCCCC/C=C\CCCCCCCCOCC(COP(=O)(O)OCC(N)C(=O)O)OC(=O)CCCCCCCCCCC. The lowest BCUT2D eigenvalue weighted by atomic mass is 10.1. The molecule has 10 nitrogen and oxygen atoms in total. The highest BCUT2D eigenvalue weighted by Crippen LogP contribution is 2.43. The maximum absolute atomic E-state index is 12.5. The van der Waals surface area contributed by atoms with E-state index in [0.29, 0.717) is 13.0 Å². The van der Waals surface area contributed by atoms with Crippen molar-refractivity contribution in [3.63, 3.8) is 0 Å². The highest BCUT2D eigenvalue weighted by atomic mass is 31.2. The molecule has 0 aromatic rings. The number of carboxylic acid groups (broad SMARTS) is 1. The molecule has 0 fully saturated rings. The van der Waals surface area contributed by atoms with Gasteiger partial charge in [0.05, 0.1) is 19.8 Å². The first kappa shape index (κ1) is 42.7. The van der Waals surface area contributed by atoms with E-state index in [4.69, 9.17) is 24.8 Å². The van der Waals surface area contributed by atoms with Crippen LogP contribution in [0.2, 0.25) is 0 Å². The van der Waals surface area contributed by atoms with Crippen molar-refractivity contribution in [1.29, 1.82) is 0 Å². The van der Waals surface area contributed by atoms with Crippen molar-refractivity contribution in [2.75, 3.05) is 26.4 Å². The first-order chi connectivity index (χ1) is 21.2. The van der Waals surface area contributed by atoms with Crippen LogP contribution in [0.4, 0.5) is 0 Å². The van der Waals surface area contributed by atoms with Crippen molar-refractivity contribution >= 4 is 19.8 Å². The summed E-state index contributed by atoms with van der Waals surface area (Å²) >= 11 is 0. The molecule has 11 heteroatoms. The zero-order valence-electron chi connectivity index (χ0n) is 27.8. The smallest absolute Gasteiger partial charge is 0.472 e. The van der Waals surface area contributed by atoms with Crippen molar-refractivity contribution in [2.24, 2.45) is 5.73 Å².